The summed E-state index contributed by atoms with van der Waals surface area (Å²) in [7, 11) is 1.52. The molecule has 11 rings (SSSR count). The highest BCUT2D eigenvalue weighted by Crippen LogP contribution is 2.64. The van der Waals surface area contributed by atoms with Crippen LogP contribution in [0.25, 0.3) is 10.9 Å². The highest BCUT2D eigenvalue weighted by Gasteiger charge is 2.78. The van der Waals surface area contributed by atoms with E-state index in [2.05, 4.69) is 16.0 Å². The predicted molar refractivity (Wildman–Crippen MR) is 366 cm³/mol. The van der Waals surface area contributed by atoms with Gasteiger partial charge in [-0.25, -0.2) is 9.59 Å². The van der Waals surface area contributed by atoms with Gasteiger partial charge in [0.05, 0.1) is 55.1 Å². The number of methoxy groups -OCH3 is 1. The lowest BCUT2D eigenvalue weighted by Crippen LogP contribution is -2.82. The summed E-state index contributed by atoms with van der Waals surface area (Å²) in [5, 5.41) is 36.1. The Labute approximate surface area is 586 Å². The van der Waals surface area contributed by atoms with E-state index in [9.17, 15) is 48.6 Å². The smallest absolute Gasteiger partial charge is 0.350 e. The third-order valence-corrected chi connectivity index (χ3v) is 20.4. The Balaban J connectivity index is 0.854. The molecule has 3 amide bonds. The molecule has 4 aliphatic rings. The largest absolute Gasteiger partial charge is 0.497 e. The van der Waals surface area contributed by atoms with Crippen molar-refractivity contribution in [1.82, 2.24) is 15.2 Å². The number of Topliss-reactive ketones (excluding diaryl/α,β-unsaturated/α-hetero) is 1. The first kappa shape index (κ1) is 71.9. The summed E-state index contributed by atoms with van der Waals surface area (Å²) in [6.45, 7) is 9.44. The molecular formula is C77H77ClN4O19. The lowest BCUT2D eigenvalue weighted by atomic mass is 9.44. The van der Waals surface area contributed by atoms with Crippen LogP contribution in [0.3, 0.4) is 0 Å². The number of ketones is 1. The molecule has 6 aromatic carbocycles. The molecule has 3 unspecified atom stereocenters. The van der Waals surface area contributed by atoms with Crippen molar-refractivity contribution in [3.63, 3.8) is 0 Å². The number of esters is 5. The summed E-state index contributed by atoms with van der Waals surface area (Å²) < 4.78 is 44.2. The Bertz CT molecular complexity index is 4430. The highest BCUT2D eigenvalue weighted by atomic mass is 35.5. The Morgan fingerprint density at radius 1 is 0.743 bits per heavy atom. The molecule has 23 nitrogen and oxygen atoms in total. The number of anilines is 1. The summed E-state index contributed by atoms with van der Waals surface area (Å²) in [4.78, 5) is 143. The van der Waals surface area contributed by atoms with Gasteiger partial charge in [0.15, 0.2) is 17.5 Å². The number of fused-ring (bicyclic) bond motifs is 6. The number of aliphatic hydroxyl groups excluding tert-OH is 1. The number of hydrogen-bond acceptors (Lipinski definition) is 19. The molecule has 1 saturated heterocycles. The number of ether oxygens (including phenoxy) is 7. The average Bonchev–Trinajstić information content (AvgIpc) is 0.952. The van der Waals surface area contributed by atoms with Crippen LogP contribution in [0.5, 0.6) is 5.75 Å². The van der Waals surface area contributed by atoms with Crippen LogP contribution < -0.4 is 20.7 Å². The van der Waals surface area contributed by atoms with Crippen LogP contribution in [0.2, 0.25) is 5.02 Å². The highest BCUT2D eigenvalue weighted by molar-refractivity contribution is 6.30. The van der Waals surface area contributed by atoms with Gasteiger partial charge in [0.25, 0.3) is 11.8 Å². The van der Waals surface area contributed by atoms with Crippen molar-refractivity contribution in [3.05, 3.63) is 213 Å². The third kappa shape index (κ3) is 14.0. The Morgan fingerprint density at radius 2 is 1.39 bits per heavy atom. The van der Waals surface area contributed by atoms with E-state index in [0.717, 1.165) is 13.8 Å². The average molecular weight is 1400 g/mol. The molecular weight excluding hydrogens is 1320 g/mol. The van der Waals surface area contributed by atoms with Crippen LogP contribution in [-0.2, 0) is 74.9 Å². The van der Waals surface area contributed by atoms with Gasteiger partial charge < -0.3 is 59.3 Å². The molecule has 2 heterocycles. The lowest BCUT2D eigenvalue weighted by Gasteiger charge is -2.67. The normalized spacial score (nSPS) is 23.9. The maximum atomic E-state index is 15.9. The number of rotatable bonds is 21. The van der Waals surface area contributed by atoms with E-state index in [1.54, 1.807) is 145 Å². The van der Waals surface area contributed by atoms with Gasteiger partial charge >= 0.3 is 29.8 Å². The van der Waals surface area contributed by atoms with Crippen LogP contribution in [0.1, 0.15) is 127 Å². The standard InChI is InChI=1S/C77H77ClN4O19/c1-42-57(39-77(94)69(100-72(92)50-22-16-11-17-23-50)67-75(7,58(85)38-59-76(67,41-96-59)101-45(4)84)68(89)65(97-44(3)83)63(42)74(77,5)6)98-73(93)66(64(47-18-12-9-13-19-47)81-70(90)48-20-14-10-15-21-48)99-62(88)35-34-60(86)79-40-46-24-30-52(31-25-46)80-61(87)37-54-43(2)82(56-33-32-53(95-8)36-55(54)56)71(91)49-26-28-51(78)29-27-49/h9-33,36,57-59,64-67,69,85,94H,34-35,37-41H2,1-8H3,(H,79,86)(H,80,87)(H,81,90)/t57?,58-,59+,64-,65+,66?,67?,69-,75+,76-,77+/m0/s1. The molecule has 101 heavy (non-hydrogen) atoms. The fraction of sp³-hybridized carbons (Fsp3) is 0.351. The van der Waals surface area contributed by atoms with Gasteiger partial charge in [-0.1, -0.05) is 104 Å². The molecule has 1 aromatic heterocycles. The number of carbonyl (C=O) groups excluding carboxylic acids is 10. The summed E-state index contributed by atoms with van der Waals surface area (Å²) >= 11 is 6.11. The van der Waals surface area contributed by atoms with Crippen molar-refractivity contribution in [2.75, 3.05) is 19.0 Å². The Hall–Kier alpha value is -10.3. The molecule has 3 aliphatic carbocycles. The molecule has 1 aliphatic heterocycles. The minimum Gasteiger partial charge on any atom is -0.497 e. The van der Waals surface area contributed by atoms with Gasteiger partial charge in [0, 0.05) is 78.0 Å². The van der Waals surface area contributed by atoms with Crippen molar-refractivity contribution in [1.29, 1.82) is 0 Å². The van der Waals surface area contributed by atoms with E-state index in [1.165, 1.54) is 59.1 Å². The fourth-order valence-corrected chi connectivity index (χ4v) is 15.0. The molecule has 24 heteroatoms. The van der Waals surface area contributed by atoms with E-state index >= 15 is 9.59 Å². The van der Waals surface area contributed by atoms with Gasteiger partial charge in [-0.05, 0) is 127 Å². The van der Waals surface area contributed by atoms with Gasteiger partial charge in [-0.3, -0.25) is 42.9 Å². The predicted octanol–water partition coefficient (Wildman–Crippen LogP) is 9.18. The molecule has 11 atom stereocenters. The van der Waals surface area contributed by atoms with Gasteiger partial charge in [0.2, 0.25) is 17.9 Å². The van der Waals surface area contributed by atoms with Crippen LogP contribution in [-0.4, -0.2) is 136 Å². The van der Waals surface area contributed by atoms with Crippen LogP contribution in [0.4, 0.5) is 5.69 Å². The summed E-state index contributed by atoms with van der Waals surface area (Å²) in [6, 6.07) is 40.6. The summed E-state index contributed by atoms with van der Waals surface area (Å²) in [5.41, 5.74) is -4.80. The number of aromatic nitrogens is 1. The fourth-order valence-electron chi connectivity index (χ4n) is 14.9. The number of benzene rings is 6. The van der Waals surface area contributed by atoms with Crippen molar-refractivity contribution in [2.24, 2.45) is 16.7 Å². The number of halogens is 1. The van der Waals surface area contributed by atoms with E-state index in [1.807, 2.05) is 0 Å². The zero-order valence-electron chi connectivity index (χ0n) is 56.7. The first-order valence-corrected chi connectivity index (χ1v) is 33.3. The first-order chi connectivity index (χ1) is 48.1. The molecule has 5 N–H and O–H groups in total. The minimum absolute atomic E-state index is 0.00739. The topological polar surface area (TPSA) is 317 Å². The van der Waals surface area contributed by atoms with E-state index in [0.29, 0.717) is 49.7 Å². The van der Waals surface area contributed by atoms with E-state index in [4.69, 9.17) is 44.8 Å². The Kier molecular flexibility index (Phi) is 20.7. The summed E-state index contributed by atoms with van der Waals surface area (Å²) in [6.07, 6.45) is -12.6. The number of amides is 3. The summed E-state index contributed by atoms with van der Waals surface area (Å²) in [5.74, 6) is -9.26. The van der Waals surface area contributed by atoms with Crippen molar-refractivity contribution in [2.45, 2.75) is 141 Å². The number of nitrogens with one attached hydrogen (secondary N) is 3. The molecule has 7 aromatic rings. The number of carbonyl (C=O) groups is 10. The van der Waals surface area contributed by atoms with Crippen molar-refractivity contribution >= 4 is 87.4 Å². The second-order valence-electron chi connectivity index (χ2n) is 26.6. The number of nitrogens with zero attached hydrogens (tertiary/aromatic N) is 1. The maximum Gasteiger partial charge on any atom is 0.350 e. The number of aliphatic hydroxyl groups is 2. The van der Waals surface area contributed by atoms with E-state index < -0.39 is 137 Å². The molecule has 2 saturated carbocycles. The first-order valence-electron chi connectivity index (χ1n) is 32.9. The van der Waals surface area contributed by atoms with Crippen LogP contribution in [0.15, 0.2) is 169 Å². The maximum absolute atomic E-state index is 15.9. The second-order valence-corrected chi connectivity index (χ2v) is 27.0. The molecule has 526 valence electrons. The lowest BCUT2D eigenvalue weighted by molar-refractivity contribution is -0.346. The van der Waals surface area contributed by atoms with E-state index in [-0.39, 0.29) is 65.6 Å². The molecule has 3 fully saturated rings. The van der Waals surface area contributed by atoms with Crippen LogP contribution in [0, 0.1) is 23.7 Å². The monoisotopic (exact) mass is 1400 g/mol. The molecule has 2 bridgehead atoms. The van der Waals surface area contributed by atoms with Gasteiger partial charge in [-0.2, -0.15) is 0 Å². The van der Waals surface area contributed by atoms with Crippen molar-refractivity contribution in [3.8, 4) is 5.75 Å². The zero-order valence-corrected chi connectivity index (χ0v) is 57.5. The molecule has 0 spiro atoms. The zero-order chi connectivity index (χ0) is 72.5. The number of hydrogen-bond donors (Lipinski definition) is 5. The van der Waals surface area contributed by atoms with Gasteiger partial charge in [0.1, 0.15) is 35.7 Å². The van der Waals surface area contributed by atoms with Crippen LogP contribution >= 0.6 is 11.6 Å². The molecule has 0 radical (unpaired) electrons. The van der Waals surface area contributed by atoms with Gasteiger partial charge in [-0.15, -0.1) is 0 Å². The second kappa shape index (κ2) is 29.1. The minimum atomic E-state index is -2.55. The van der Waals surface area contributed by atoms with Crippen molar-refractivity contribution < 1.29 is 91.3 Å². The Morgan fingerprint density at radius 3 is 2.00 bits per heavy atom. The quantitative estimate of drug-likeness (QED) is 0.0254. The SMILES string of the molecule is COc1ccc2c(c1)c(CC(=O)Nc1ccc(CNC(=O)CCC(=O)OC(C(=O)OC3C[C@@]4(O)[C@@H](OC(=O)c5ccccc5)C5[C@](C)(C(=O)[C@H](OC(C)=O)C(=C3C)C4(C)C)[C@@H](O)C[C@H]3OC[C@@]53OC(C)=O)[C@@H](NC(=O)c3ccccc3)c3ccccc3)cc1)c(C)n2C(=O)c1ccc(Cl)cc1. The third-order valence-electron chi connectivity index (χ3n) is 20.2.